The van der Waals surface area contributed by atoms with Crippen molar-refractivity contribution >= 4 is 39.1 Å². The number of para-hydroxylation sites is 1. The van der Waals surface area contributed by atoms with Crippen LogP contribution < -0.4 is 15.4 Å². The highest BCUT2D eigenvalue weighted by atomic mass is 32.1. The largest absolute Gasteiger partial charge is 0.491 e. The number of hydrogen-bond donors (Lipinski definition) is 3. The second-order valence-electron chi connectivity index (χ2n) is 8.79. The molecule has 0 unspecified atom stereocenters. The van der Waals surface area contributed by atoms with E-state index in [0.717, 1.165) is 27.5 Å². The van der Waals surface area contributed by atoms with Crippen LogP contribution in [0.2, 0.25) is 0 Å². The Morgan fingerprint density at radius 2 is 1.72 bits per heavy atom. The second kappa shape index (κ2) is 11.7. The normalized spacial score (nSPS) is 11.9. The summed E-state index contributed by atoms with van der Waals surface area (Å²) in [5, 5.41) is 15.8. The Kier molecular flexibility index (Phi) is 8.17. The van der Waals surface area contributed by atoms with Gasteiger partial charge in [-0.25, -0.2) is 4.98 Å². The van der Waals surface area contributed by atoms with E-state index < -0.39 is 5.97 Å². The lowest BCUT2D eigenvalue weighted by molar-refractivity contribution is -0.136. The van der Waals surface area contributed by atoms with Gasteiger partial charge in [-0.3, -0.25) is 9.59 Å². The number of nitrogens with zero attached hydrogens (tertiary/aromatic N) is 1. The smallest absolute Gasteiger partial charge is 0.305 e. The van der Waals surface area contributed by atoms with Crippen LogP contribution in [0.5, 0.6) is 5.75 Å². The summed E-state index contributed by atoms with van der Waals surface area (Å²) in [7, 11) is 0. The van der Waals surface area contributed by atoms with Gasteiger partial charge in [0.2, 0.25) is 0 Å². The van der Waals surface area contributed by atoms with Gasteiger partial charge in [-0.05, 0) is 66.6 Å². The third kappa shape index (κ3) is 6.60. The first-order valence-corrected chi connectivity index (χ1v) is 12.7. The summed E-state index contributed by atoms with van der Waals surface area (Å²) in [6.07, 6.45) is -0.105. The van der Waals surface area contributed by atoms with Crippen molar-refractivity contribution in [2.75, 3.05) is 18.5 Å². The number of nitrogens with one attached hydrogen (secondary N) is 2. The lowest BCUT2D eigenvalue weighted by Gasteiger charge is -2.24. The zero-order valence-electron chi connectivity index (χ0n) is 20.2. The third-order valence-corrected chi connectivity index (χ3v) is 6.84. The molecule has 1 atom stereocenters. The van der Waals surface area contributed by atoms with Crippen LogP contribution in [-0.4, -0.2) is 41.2 Å². The molecular formula is C28H29N3O4S. The van der Waals surface area contributed by atoms with Gasteiger partial charge in [0.15, 0.2) is 0 Å². The van der Waals surface area contributed by atoms with E-state index in [2.05, 4.69) is 30.5 Å². The highest BCUT2D eigenvalue weighted by molar-refractivity contribution is 7.21. The second-order valence-corrected chi connectivity index (χ2v) is 9.82. The van der Waals surface area contributed by atoms with Crippen molar-refractivity contribution in [2.45, 2.75) is 26.3 Å². The Morgan fingerprint density at radius 3 is 2.39 bits per heavy atom. The molecular weight excluding hydrogens is 474 g/mol. The molecule has 36 heavy (non-hydrogen) atoms. The minimum Gasteiger partial charge on any atom is -0.491 e. The SMILES string of the molecule is CC(C)[C@@H](COc1ccc(-c2nc3ccccc3s2)cc1)Nc1ccc(C(=O)NCCC(=O)O)cc1. The first kappa shape index (κ1) is 25.2. The molecule has 0 aliphatic carbocycles. The van der Waals surface area contributed by atoms with E-state index in [1.54, 1.807) is 23.5 Å². The summed E-state index contributed by atoms with van der Waals surface area (Å²) in [4.78, 5) is 27.5. The van der Waals surface area contributed by atoms with Crippen LogP contribution in [0, 0.1) is 5.92 Å². The number of carbonyl (C=O) groups is 2. The maximum absolute atomic E-state index is 12.1. The number of carbonyl (C=O) groups excluding carboxylic acids is 1. The molecule has 0 bridgehead atoms. The molecule has 7 nitrogen and oxygen atoms in total. The summed E-state index contributed by atoms with van der Waals surface area (Å²) in [6, 6.07) is 23.3. The van der Waals surface area contributed by atoms with E-state index in [-0.39, 0.29) is 24.9 Å². The Hall–Kier alpha value is -3.91. The first-order valence-electron chi connectivity index (χ1n) is 11.8. The topological polar surface area (TPSA) is 101 Å². The molecule has 8 heteroatoms. The maximum atomic E-state index is 12.1. The predicted molar refractivity (Wildman–Crippen MR) is 144 cm³/mol. The van der Waals surface area contributed by atoms with E-state index in [4.69, 9.17) is 14.8 Å². The van der Waals surface area contributed by atoms with Crippen molar-refractivity contribution in [3.05, 3.63) is 78.4 Å². The summed E-state index contributed by atoms with van der Waals surface area (Å²) < 4.78 is 7.26. The van der Waals surface area contributed by atoms with Gasteiger partial charge in [0, 0.05) is 23.4 Å². The van der Waals surface area contributed by atoms with Gasteiger partial charge >= 0.3 is 5.97 Å². The fraction of sp³-hybridized carbons (Fsp3) is 0.250. The maximum Gasteiger partial charge on any atom is 0.305 e. The number of ether oxygens (including phenoxy) is 1. The van der Waals surface area contributed by atoms with Crippen LogP contribution in [0.15, 0.2) is 72.8 Å². The molecule has 0 fully saturated rings. The van der Waals surface area contributed by atoms with Gasteiger partial charge in [-0.2, -0.15) is 0 Å². The molecule has 0 spiro atoms. The van der Waals surface area contributed by atoms with Crippen molar-refractivity contribution in [3.8, 4) is 16.3 Å². The molecule has 0 aliphatic rings. The molecule has 0 saturated carbocycles. The summed E-state index contributed by atoms with van der Waals surface area (Å²) in [5.41, 5.74) is 3.44. The molecule has 0 radical (unpaired) electrons. The summed E-state index contributed by atoms with van der Waals surface area (Å²) in [5.74, 6) is -0.131. The molecule has 1 amide bonds. The van der Waals surface area contributed by atoms with E-state index >= 15 is 0 Å². The Morgan fingerprint density at radius 1 is 1.00 bits per heavy atom. The van der Waals surface area contributed by atoms with Crippen molar-refractivity contribution < 1.29 is 19.4 Å². The standard InChI is InChI=1S/C28H29N3O4S/c1-18(2)24(30-21-11-7-19(8-12-21)27(34)29-16-15-26(32)33)17-35-22-13-9-20(10-14-22)28-31-23-5-3-4-6-25(23)36-28/h3-14,18,24,30H,15-17H2,1-2H3,(H,29,34)(H,32,33)/t24-/m1/s1. The third-order valence-electron chi connectivity index (χ3n) is 5.75. The monoisotopic (exact) mass is 503 g/mol. The zero-order chi connectivity index (χ0) is 25.5. The summed E-state index contributed by atoms with van der Waals surface area (Å²) >= 11 is 1.68. The average Bonchev–Trinajstić information content (AvgIpc) is 3.31. The zero-order valence-corrected chi connectivity index (χ0v) is 21.0. The van der Waals surface area contributed by atoms with Crippen molar-refractivity contribution in [1.29, 1.82) is 0 Å². The Labute approximate surface area is 214 Å². The Bertz CT molecular complexity index is 1280. The molecule has 0 saturated heterocycles. The lowest BCUT2D eigenvalue weighted by atomic mass is 10.0. The highest BCUT2D eigenvalue weighted by Gasteiger charge is 2.15. The van der Waals surface area contributed by atoms with Gasteiger partial charge in [0.1, 0.15) is 17.4 Å². The minimum absolute atomic E-state index is 0.0594. The number of anilines is 1. The Balaban J connectivity index is 1.32. The van der Waals surface area contributed by atoms with Crippen LogP contribution in [0.25, 0.3) is 20.8 Å². The average molecular weight is 504 g/mol. The number of aliphatic carboxylic acids is 1. The number of rotatable bonds is 11. The molecule has 4 aromatic rings. The highest BCUT2D eigenvalue weighted by Crippen LogP contribution is 2.31. The number of hydrogen-bond acceptors (Lipinski definition) is 6. The molecule has 0 aliphatic heterocycles. The fourth-order valence-corrected chi connectivity index (χ4v) is 4.56. The lowest BCUT2D eigenvalue weighted by Crippen LogP contribution is -2.32. The van der Waals surface area contributed by atoms with Gasteiger partial charge in [-0.1, -0.05) is 26.0 Å². The van der Waals surface area contributed by atoms with Crippen LogP contribution >= 0.6 is 11.3 Å². The van der Waals surface area contributed by atoms with Gasteiger partial charge in [-0.15, -0.1) is 11.3 Å². The number of amides is 1. The number of fused-ring (bicyclic) bond motifs is 1. The molecule has 3 aromatic carbocycles. The van der Waals surface area contributed by atoms with E-state index in [1.165, 1.54) is 4.70 Å². The number of aromatic nitrogens is 1. The number of thiazole rings is 1. The number of benzene rings is 3. The van der Waals surface area contributed by atoms with E-state index in [9.17, 15) is 9.59 Å². The number of carboxylic acids is 1. The molecule has 3 N–H and O–H groups in total. The fourth-order valence-electron chi connectivity index (χ4n) is 3.59. The van der Waals surface area contributed by atoms with E-state index in [1.807, 2.05) is 54.6 Å². The summed E-state index contributed by atoms with van der Waals surface area (Å²) in [6.45, 7) is 4.83. The molecule has 4 rings (SSSR count). The van der Waals surface area contributed by atoms with Crippen molar-refractivity contribution in [3.63, 3.8) is 0 Å². The van der Waals surface area contributed by atoms with Crippen molar-refractivity contribution in [2.24, 2.45) is 5.92 Å². The molecule has 1 aromatic heterocycles. The molecule has 1 heterocycles. The van der Waals surface area contributed by atoms with Crippen LogP contribution in [0.1, 0.15) is 30.6 Å². The number of carboxylic acid groups (broad SMARTS) is 1. The van der Waals surface area contributed by atoms with Crippen LogP contribution in [0.3, 0.4) is 0 Å². The minimum atomic E-state index is -0.944. The van der Waals surface area contributed by atoms with Crippen LogP contribution in [-0.2, 0) is 4.79 Å². The first-order chi connectivity index (χ1) is 17.4. The molecule has 186 valence electrons. The van der Waals surface area contributed by atoms with Gasteiger partial charge in [0.05, 0.1) is 22.7 Å². The predicted octanol–water partition coefficient (Wildman–Crippen LogP) is 5.68. The van der Waals surface area contributed by atoms with Crippen molar-refractivity contribution in [1.82, 2.24) is 10.3 Å². The van der Waals surface area contributed by atoms with Gasteiger partial charge < -0.3 is 20.5 Å². The van der Waals surface area contributed by atoms with E-state index in [0.29, 0.717) is 18.1 Å². The van der Waals surface area contributed by atoms with Crippen LogP contribution in [0.4, 0.5) is 5.69 Å². The van der Waals surface area contributed by atoms with Gasteiger partial charge in [0.25, 0.3) is 5.91 Å². The quantitative estimate of drug-likeness (QED) is 0.243.